The molecule has 1 atom stereocenters. The van der Waals surface area contributed by atoms with Crippen molar-refractivity contribution in [2.45, 2.75) is 39.7 Å². The highest BCUT2D eigenvalue weighted by molar-refractivity contribution is 5.96. The molecule has 0 fully saturated rings. The van der Waals surface area contributed by atoms with Gasteiger partial charge in [0.1, 0.15) is 0 Å². The lowest BCUT2D eigenvalue weighted by Gasteiger charge is -2.21. The average molecular weight is 367 g/mol. The fraction of sp³-hybridized carbons (Fsp3) is 0.364. The van der Waals surface area contributed by atoms with Crippen molar-refractivity contribution in [2.24, 2.45) is 11.7 Å². The quantitative estimate of drug-likeness (QED) is 0.748. The normalized spacial score (nSPS) is 11.9. The summed E-state index contributed by atoms with van der Waals surface area (Å²) in [6, 6.07) is 16.5. The summed E-state index contributed by atoms with van der Waals surface area (Å²) >= 11 is 0. The van der Waals surface area contributed by atoms with E-state index in [-0.39, 0.29) is 11.8 Å². The van der Waals surface area contributed by atoms with E-state index in [9.17, 15) is 9.59 Å². The summed E-state index contributed by atoms with van der Waals surface area (Å²) in [6.07, 6.45) is 0.953. The van der Waals surface area contributed by atoms with Gasteiger partial charge in [-0.1, -0.05) is 44.2 Å². The lowest BCUT2D eigenvalue weighted by Crippen LogP contribution is -2.36. The Bertz CT molecular complexity index is 742. The molecule has 2 aromatic carbocycles. The highest BCUT2D eigenvalue weighted by atomic mass is 16.2. The maximum Gasteiger partial charge on any atom is 0.241 e. The number of nitrogens with zero attached hydrogens (tertiary/aromatic N) is 1. The van der Waals surface area contributed by atoms with Crippen LogP contribution in [0.15, 0.2) is 54.6 Å². The van der Waals surface area contributed by atoms with Crippen molar-refractivity contribution in [1.82, 2.24) is 0 Å². The van der Waals surface area contributed by atoms with Gasteiger partial charge < -0.3 is 16.0 Å². The van der Waals surface area contributed by atoms with E-state index in [1.807, 2.05) is 63.2 Å². The molecule has 5 nitrogen and oxygen atoms in total. The smallest absolute Gasteiger partial charge is 0.241 e. The summed E-state index contributed by atoms with van der Waals surface area (Å²) in [5.74, 6) is 0.221. The van der Waals surface area contributed by atoms with Crippen LogP contribution >= 0.6 is 0 Å². The monoisotopic (exact) mass is 367 g/mol. The molecule has 144 valence electrons. The Morgan fingerprint density at radius 3 is 2.22 bits per heavy atom. The fourth-order valence-corrected chi connectivity index (χ4v) is 2.94. The Kier molecular flexibility index (Phi) is 7.55. The first-order valence-electron chi connectivity index (χ1n) is 9.41. The van der Waals surface area contributed by atoms with Crippen molar-refractivity contribution in [3.8, 4) is 0 Å². The van der Waals surface area contributed by atoms with Crippen molar-refractivity contribution in [3.05, 3.63) is 60.2 Å². The van der Waals surface area contributed by atoms with Gasteiger partial charge in [-0.05, 0) is 49.1 Å². The number of para-hydroxylation sites is 1. The predicted octanol–water partition coefficient (Wildman–Crippen LogP) is 3.59. The first kappa shape index (κ1) is 20.6. The van der Waals surface area contributed by atoms with Crippen LogP contribution in [0.1, 0.15) is 32.8 Å². The number of nitrogens with one attached hydrogen (secondary N) is 1. The molecule has 0 spiro atoms. The third-order valence-corrected chi connectivity index (χ3v) is 4.32. The van der Waals surface area contributed by atoms with E-state index in [1.54, 1.807) is 17.0 Å². The molecular weight excluding hydrogens is 338 g/mol. The summed E-state index contributed by atoms with van der Waals surface area (Å²) in [5, 5.41) is 2.83. The third-order valence-electron chi connectivity index (χ3n) is 4.32. The number of hydrogen-bond donors (Lipinski definition) is 2. The zero-order valence-corrected chi connectivity index (χ0v) is 16.3. The number of amides is 2. The zero-order chi connectivity index (χ0) is 19.8. The Hall–Kier alpha value is -2.66. The van der Waals surface area contributed by atoms with E-state index in [2.05, 4.69) is 5.32 Å². The molecule has 0 heterocycles. The summed E-state index contributed by atoms with van der Waals surface area (Å²) in [4.78, 5) is 26.5. The molecule has 0 aliphatic heterocycles. The highest BCUT2D eigenvalue weighted by Gasteiger charge is 2.16. The minimum absolute atomic E-state index is 0.0411. The van der Waals surface area contributed by atoms with Crippen LogP contribution in [-0.2, 0) is 16.0 Å². The number of carbonyl (C=O) groups excluding carboxylic acids is 2. The average Bonchev–Trinajstić information content (AvgIpc) is 2.64. The molecule has 0 saturated carbocycles. The van der Waals surface area contributed by atoms with Crippen LogP contribution in [0.4, 0.5) is 11.4 Å². The molecule has 0 aliphatic carbocycles. The standard InChI is InChI=1S/C22H29N3O2/c1-4-25(19-8-6-5-7-9-19)21(26)15-17-10-12-18(13-11-17)24-22(27)20(23)14-16(2)3/h5-13,16,20H,4,14-15,23H2,1-3H3,(H,24,27)/t20-/m0/s1. The largest absolute Gasteiger partial charge is 0.325 e. The molecule has 0 radical (unpaired) electrons. The molecule has 0 saturated heterocycles. The maximum absolute atomic E-state index is 12.6. The topological polar surface area (TPSA) is 75.4 Å². The van der Waals surface area contributed by atoms with Gasteiger partial charge in [0, 0.05) is 17.9 Å². The highest BCUT2D eigenvalue weighted by Crippen LogP contribution is 2.16. The fourth-order valence-electron chi connectivity index (χ4n) is 2.94. The zero-order valence-electron chi connectivity index (χ0n) is 16.3. The van der Waals surface area contributed by atoms with Gasteiger partial charge in [-0.3, -0.25) is 9.59 Å². The number of hydrogen-bond acceptors (Lipinski definition) is 3. The van der Waals surface area contributed by atoms with Crippen molar-refractivity contribution >= 4 is 23.2 Å². The van der Waals surface area contributed by atoms with Gasteiger partial charge in [-0.15, -0.1) is 0 Å². The number of rotatable bonds is 8. The van der Waals surface area contributed by atoms with Crippen LogP contribution in [0.2, 0.25) is 0 Å². The van der Waals surface area contributed by atoms with Gasteiger partial charge in [0.25, 0.3) is 0 Å². The van der Waals surface area contributed by atoms with E-state index in [4.69, 9.17) is 5.73 Å². The molecular formula is C22H29N3O2. The second kappa shape index (κ2) is 9.88. The van der Waals surface area contributed by atoms with Gasteiger partial charge in [-0.25, -0.2) is 0 Å². The van der Waals surface area contributed by atoms with Crippen LogP contribution in [-0.4, -0.2) is 24.4 Å². The lowest BCUT2D eigenvalue weighted by atomic mass is 10.0. The van der Waals surface area contributed by atoms with Gasteiger partial charge in [-0.2, -0.15) is 0 Å². The van der Waals surface area contributed by atoms with E-state index in [1.165, 1.54) is 0 Å². The van der Waals surface area contributed by atoms with E-state index in [0.29, 0.717) is 31.0 Å². The van der Waals surface area contributed by atoms with Crippen LogP contribution in [0.25, 0.3) is 0 Å². The van der Waals surface area contributed by atoms with Gasteiger partial charge in [0.2, 0.25) is 11.8 Å². The van der Waals surface area contributed by atoms with Crippen molar-refractivity contribution in [1.29, 1.82) is 0 Å². The second-order valence-electron chi connectivity index (χ2n) is 7.07. The molecule has 2 aromatic rings. The van der Waals surface area contributed by atoms with E-state index >= 15 is 0 Å². The molecule has 0 aromatic heterocycles. The Labute approximate surface area is 161 Å². The molecule has 0 unspecified atom stereocenters. The molecule has 27 heavy (non-hydrogen) atoms. The Balaban J connectivity index is 1.96. The molecule has 3 N–H and O–H groups in total. The number of carbonyl (C=O) groups is 2. The van der Waals surface area contributed by atoms with Gasteiger partial charge in [0.15, 0.2) is 0 Å². The number of benzene rings is 2. The predicted molar refractivity (Wildman–Crippen MR) is 111 cm³/mol. The van der Waals surface area contributed by atoms with Gasteiger partial charge in [0.05, 0.1) is 12.5 Å². The number of nitrogens with two attached hydrogens (primary N) is 1. The second-order valence-corrected chi connectivity index (χ2v) is 7.07. The number of likely N-dealkylation sites (N-methyl/N-ethyl adjacent to an activating group) is 1. The van der Waals surface area contributed by atoms with Crippen LogP contribution in [0, 0.1) is 5.92 Å². The third kappa shape index (κ3) is 6.22. The molecule has 2 rings (SSSR count). The summed E-state index contributed by atoms with van der Waals surface area (Å²) in [6.45, 7) is 6.65. The SMILES string of the molecule is CCN(C(=O)Cc1ccc(NC(=O)[C@@H](N)CC(C)C)cc1)c1ccccc1. The molecule has 0 bridgehead atoms. The minimum atomic E-state index is -0.518. The Morgan fingerprint density at radius 2 is 1.67 bits per heavy atom. The van der Waals surface area contributed by atoms with Crippen LogP contribution < -0.4 is 16.0 Å². The lowest BCUT2D eigenvalue weighted by molar-refractivity contribution is -0.118. The molecule has 2 amide bonds. The minimum Gasteiger partial charge on any atom is -0.325 e. The Morgan fingerprint density at radius 1 is 1.04 bits per heavy atom. The summed E-state index contributed by atoms with van der Waals surface area (Å²) in [7, 11) is 0. The first-order valence-corrected chi connectivity index (χ1v) is 9.41. The van der Waals surface area contributed by atoms with Crippen molar-refractivity contribution in [3.63, 3.8) is 0 Å². The van der Waals surface area contributed by atoms with Crippen LogP contribution in [0.5, 0.6) is 0 Å². The summed E-state index contributed by atoms with van der Waals surface area (Å²) < 4.78 is 0. The molecule has 5 heteroatoms. The van der Waals surface area contributed by atoms with E-state index in [0.717, 1.165) is 11.3 Å². The van der Waals surface area contributed by atoms with Crippen molar-refractivity contribution < 1.29 is 9.59 Å². The number of anilines is 2. The summed E-state index contributed by atoms with van der Waals surface area (Å²) in [5.41, 5.74) is 8.39. The maximum atomic E-state index is 12.6. The van der Waals surface area contributed by atoms with E-state index < -0.39 is 6.04 Å². The van der Waals surface area contributed by atoms with Crippen molar-refractivity contribution in [2.75, 3.05) is 16.8 Å². The van der Waals surface area contributed by atoms with Gasteiger partial charge >= 0.3 is 0 Å². The van der Waals surface area contributed by atoms with Crippen LogP contribution in [0.3, 0.4) is 0 Å². The molecule has 0 aliphatic rings. The first-order chi connectivity index (χ1) is 12.9.